The Bertz CT molecular complexity index is 1370. The first kappa shape index (κ1) is 39.7. The smallest absolute Gasteiger partial charge is 0.326 e. The summed E-state index contributed by atoms with van der Waals surface area (Å²) < 4.78 is 5.34. The van der Waals surface area contributed by atoms with Gasteiger partial charge >= 0.3 is 5.97 Å². The molecule has 6 N–H and O–H groups in total. The average Bonchev–Trinajstić information content (AvgIpc) is 3.04. The number of carboxylic acid groups (broad SMARTS) is 1. The lowest BCUT2D eigenvalue weighted by Crippen LogP contribution is -2.57. The zero-order chi connectivity index (χ0) is 36.0. The van der Waals surface area contributed by atoms with E-state index in [1.165, 1.54) is 7.11 Å². The van der Waals surface area contributed by atoms with Gasteiger partial charge in [0.1, 0.15) is 23.9 Å². The van der Waals surface area contributed by atoms with Crippen LogP contribution in [0.15, 0.2) is 54.6 Å². The van der Waals surface area contributed by atoms with Crippen LogP contribution in [0.3, 0.4) is 0 Å². The van der Waals surface area contributed by atoms with Crippen molar-refractivity contribution < 1.29 is 38.9 Å². The van der Waals surface area contributed by atoms with Crippen molar-refractivity contribution in [2.24, 2.45) is 17.8 Å². The number of hydrogen-bond donors (Lipinski definition) is 6. The molecule has 0 saturated carbocycles. The summed E-state index contributed by atoms with van der Waals surface area (Å²) in [7, 11) is 1.51. The Labute approximate surface area is 283 Å². The Hall–Kier alpha value is -4.45. The van der Waals surface area contributed by atoms with E-state index in [2.05, 4.69) is 21.3 Å². The molecule has 264 valence electrons. The number of aliphatic hydroxyl groups excluding tert-OH is 1. The van der Waals surface area contributed by atoms with Crippen LogP contribution in [-0.2, 0) is 36.8 Å². The number of benzene rings is 2. The highest BCUT2D eigenvalue weighted by atomic mass is 16.5. The molecule has 0 heterocycles. The summed E-state index contributed by atoms with van der Waals surface area (Å²) in [6.07, 6.45) is -1.12. The SMILES string of the molecule is CCC(C)C(NC(=O)CC(O)C(Cc1ccccc1)NC(=O)C(NC(=O)Cc1ccccc1OC)C(C)C)C(=O)NC(C(=O)O)C(C)C. The Balaban J connectivity index is 2.22. The Morgan fingerprint density at radius 3 is 1.85 bits per heavy atom. The van der Waals surface area contributed by atoms with Gasteiger partial charge in [-0.05, 0) is 35.8 Å². The number of carbonyl (C=O) groups excluding carboxylic acids is 4. The summed E-state index contributed by atoms with van der Waals surface area (Å²) in [6, 6.07) is 12.2. The van der Waals surface area contributed by atoms with E-state index in [1.807, 2.05) is 37.3 Å². The van der Waals surface area contributed by atoms with Crippen LogP contribution in [0, 0.1) is 17.8 Å². The molecule has 0 fully saturated rings. The lowest BCUT2D eigenvalue weighted by atomic mass is 9.95. The quantitative estimate of drug-likeness (QED) is 0.132. The van der Waals surface area contributed by atoms with Crippen LogP contribution in [0.4, 0.5) is 0 Å². The third-order valence-corrected chi connectivity index (χ3v) is 8.34. The number of hydrogen-bond acceptors (Lipinski definition) is 7. The fraction of sp³-hybridized carbons (Fsp3) is 0.528. The maximum Gasteiger partial charge on any atom is 0.326 e. The molecule has 0 bridgehead atoms. The minimum atomic E-state index is -1.37. The van der Waals surface area contributed by atoms with Crippen molar-refractivity contribution in [1.82, 2.24) is 21.3 Å². The molecule has 0 aliphatic rings. The largest absolute Gasteiger partial charge is 0.496 e. The number of aliphatic hydroxyl groups is 1. The van der Waals surface area contributed by atoms with E-state index in [1.54, 1.807) is 58.9 Å². The maximum absolute atomic E-state index is 13.6. The molecule has 0 spiro atoms. The third kappa shape index (κ3) is 12.3. The van der Waals surface area contributed by atoms with Gasteiger partial charge in [0.15, 0.2) is 0 Å². The van der Waals surface area contributed by atoms with Gasteiger partial charge in [-0.15, -0.1) is 0 Å². The molecule has 4 amide bonds. The Morgan fingerprint density at radius 2 is 1.29 bits per heavy atom. The van der Waals surface area contributed by atoms with Gasteiger partial charge in [-0.1, -0.05) is 96.5 Å². The summed E-state index contributed by atoms with van der Waals surface area (Å²) in [5.74, 6) is -3.84. The van der Waals surface area contributed by atoms with Crippen molar-refractivity contribution in [2.75, 3.05) is 7.11 Å². The molecule has 0 radical (unpaired) electrons. The van der Waals surface area contributed by atoms with E-state index in [0.29, 0.717) is 17.7 Å². The monoisotopic (exact) mass is 668 g/mol. The Morgan fingerprint density at radius 1 is 0.729 bits per heavy atom. The molecule has 2 aromatic rings. The van der Waals surface area contributed by atoms with Gasteiger partial charge in [0.25, 0.3) is 0 Å². The second kappa shape index (κ2) is 19.4. The van der Waals surface area contributed by atoms with Gasteiger partial charge in [-0.3, -0.25) is 19.2 Å². The van der Waals surface area contributed by atoms with E-state index in [4.69, 9.17) is 4.74 Å². The van der Waals surface area contributed by atoms with Crippen LogP contribution in [-0.4, -0.2) is 77.2 Å². The summed E-state index contributed by atoms with van der Waals surface area (Å²) >= 11 is 0. The van der Waals surface area contributed by atoms with Crippen molar-refractivity contribution in [2.45, 2.75) is 97.5 Å². The van der Waals surface area contributed by atoms with Crippen molar-refractivity contribution in [3.05, 3.63) is 65.7 Å². The molecule has 48 heavy (non-hydrogen) atoms. The molecule has 12 nitrogen and oxygen atoms in total. The lowest BCUT2D eigenvalue weighted by Gasteiger charge is -2.30. The maximum atomic E-state index is 13.6. The van der Waals surface area contributed by atoms with Crippen LogP contribution < -0.4 is 26.0 Å². The number of methoxy groups -OCH3 is 1. The van der Waals surface area contributed by atoms with Crippen molar-refractivity contribution >= 4 is 29.6 Å². The fourth-order valence-electron chi connectivity index (χ4n) is 5.23. The van der Waals surface area contributed by atoms with Gasteiger partial charge < -0.3 is 36.2 Å². The summed E-state index contributed by atoms with van der Waals surface area (Å²) in [4.78, 5) is 64.7. The lowest BCUT2D eigenvalue weighted by molar-refractivity contribution is -0.143. The van der Waals surface area contributed by atoms with Crippen LogP contribution in [0.2, 0.25) is 0 Å². The Kier molecular flexibility index (Phi) is 16.0. The molecule has 0 aliphatic heterocycles. The third-order valence-electron chi connectivity index (χ3n) is 8.34. The zero-order valence-electron chi connectivity index (χ0n) is 29.0. The van der Waals surface area contributed by atoms with Crippen LogP contribution >= 0.6 is 0 Å². The number of aliphatic carboxylic acids is 1. The molecule has 0 saturated heterocycles. The highest BCUT2D eigenvalue weighted by Gasteiger charge is 2.34. The molecule has 2 aromatic carbocycles. The number of carbonyl (C=O) groups is 5. The topological polar surface area (TPSA) is 183 Å². The van der Waals surface area contributed by atoms with E-state index >= 15 is 0 Å². The number of ether oxygens (including phenoxy) is 1. The van der Waals surface area contributed by atoms with Crippen molar-refractivity contribution in [3.63, 3.8) is 0 Å². The molecule has 0 aromatic heterocycles. The van der Waals surface area contributed by atoms with Gasteiger partial charge in [-0.25, -0.2) is 4.79 Å². The summed E-state index contributed by atoms with van der Waals surface area (Å²) in [6.45, 7) is 10.5. The number of amides is 4. The first-order valence-electron chi connectivity index (χ1n) is 16.4. The van der Waals surface area contributed by atoms with Gasteiger partial charge in [0.2, 0.25) is 23.6 Å². The second-order valence-corrected chi connectivity index (χ2v) is 12.9. The number of nitrogens with one attached hydrogen (secondary N) is 4. The van der Waals surface area contributed by atoms with E-state index in [-0.39, 0.29) is 36.5 Å². The normalized spacial score (nSPS) is 15.0. The molecular weight excluding hydrogens is 616 g/mol. The van der Waals surface area contributed by atoms with Crippen LogP contribution in [0.25, 0.3) is 0 Å². The van der Waals surface area contributed by atoms with Crippen molar-refractivity contribution in [1.29, 1.82) is 0 Å². The van der Waals surface area contributed by atoms with Crippen LogP contribution in [0.1, 0.15) is 65.5 Å². The van der Waals surface area contributed by atoms with E-state index in [0.717, 1.165) is 5.56 Å². The summed E-state index contributed by atoms with van der Waals surface area (Å²) in [5, 5.41) is 31.7. The molecule has 12 heteroatoms. The van der Waals surface area contributed by atoms with Gasteiger partial charge in [-0.2, -0.15) is 0 Å². The molecule has 0 aliphatic carbocycles. The molecular formula is C36H52N4O8. The standard InChI is InChI=1S/C36H52N4O8/c1-8-23(6)33(35(45)40-32(22(4)5)36(46)47)39-30(43)20-27(41)26(18-24-14-10-9-11-15-24)37-34(44)31(21(2)3)38-29(42)19-25-16-12-13-17-28(25)48-7/h9-17,21-23,26-27,31-33,41H,8,18-20H2,1-7H3,(H,37,44)(H,38,42)(H,39,43)(H,40,45)(H,46,47). The molecule has 6 unspecified atom stereocenters. The summed E-state index contributed by atoms with van der Waals surface area (Å²) in [5.41, 5.74) is 1.46. The van der Waals surface area contributed by atoms with Gasteiger partial charge in [0.05, 0.1) is 32.1 Å². The fourth-order valence-corrected chi connectivity index (χ4v) is 5.23. The number of rotatable bonds is 19. The predicted molar refractivity (Wildman–Crippen MR) is 182 cm³/mol. The minimum Gasteiger partial charge on any atom is -0.496 e. The van der Waals surface area contributed by atoms with Crippen LogP contribution in [0.5, 0.6) is 5.75 Å². The van der Waals surface area contributed by atoms with E-state index in [9.17, 15) is 34.2 Å². The van der Waals surface area contributed by atoms with Crippen molar-refractivity contribution in [3.8, 4) is 5.75 Å². The second-order valence-electron chi connectivity index (χ2n) is 12.9. The predicted octanol–water partition coefficient (Wildman–Crippen LogP) is 2.61. The number of para-hydroxylation sites is 1. The zero-order valence-corrected chi connectivity index (χ0v) is 29.0. The highest BCUT2D eigenvalue weighted by Crippen LogP contribution is 2.18. The molecule has 6 atom stereocenters. The molecule has 2 rings (SSSR count). The first-order valence-corrected chi connectivity index (χ1v) is 16.4. The highest BCUT2D eigenvalue weighted by molar-refractivity contribution is 5.91. The van der Waals surface area contributed by atoms with E-state index < -0.39 is 60.4 Å². The first-order chi connectivity index (χ1) is 22.7. The van der Waals surface area contributed by atoms with Gasteiger partial charge in [0, 0.05) is 5.56 Å². The number of carboxylic acids is 1. The average molecular weight is 669 g/mol. The minimum absolute atomic E-state index is 0.00788.